The van der Waals surface area contributed by atoms with Gasteiger partial charge in [-0.3, -0.25) is 4.79 Å². The van der Waals surface area contributed by atoms with Crippen LogP contribution in [0.15, 0.2) is 22.4 Å². The molecule has 22 heavy (non-hydrogen) atoms. The molecule has 4 heteroatoms. The molecule has 3 nitrogen and oxygen atoms in total. The summed E-state index contributed by atoms with van der Waals surface area (Å²) in [7, 11) is 0. The van der Waals surface area contributed by atoms with E-state index in [1.165, 1.54) is 6.42 Å². The Morgan fingerprint density at radius 3 is 2.59 bits per heavy atom. The summed E-state index contributed by atoms with van der Waals surface area (Å²) < 4.78 is 0.883. The highest BCUT2D eigenvalue weighted by atomic mass is 79.9. The van der Waals surface area contributed by atoms with Crippen LogP contribution in [0, 0.1) is 6.92 Å². The van der Waals surface area contributed by atoms with Crippen LogP contribution in [-0.4, -0.2) is 16.6 Å². The van der Waals surface area contributed by atoms with E-state index < -0.39 is 5.54 Å². The van der Waals surface area contributed by atoms with Gasteiger partial charge < -0.3 is 10.4 Å². The minimum Gasteiger partial charge on any atom is -0.509 e. The largest absolute Gasteiger partial charge is 0.509 e. The summed E-state index contributed by atoms with van der Waals surface area (Å²) in [5.41, 5.74) is 3.03. The number of aliphatic hydroxyl groups excluding tert-OH is 1. The molecule has 1 spiro atoms. The van der Waals surface area contributed by atoms with E-state index in [9.17, 15) is 9.90 Å². The van der Waals surface area contributed by atoms with Gasteiger partial charge in [0.2, 0.25) is 0 Å². The van der Waals surface area contributed by atoms with Crippen LogP contribution >= 0.6 is 15.9 Å². The summed E-state index contributed by atoms with van der Waals surface area (Å²) in [6.07, 6.45) is 5.76. The van der Waals surface area contributed by atoms with E-state index in [0.29, 0.717) is 5.57 Å². The highest BCUT2D eigenvalue weighted by Gasteiger charge is 2.46. The van der Waals surface area contributed by atoms with Crippen molar-refractivity contribution in [2.75, 3.05) is 0 Å². The molecule has 1 fully saturated rings. The van der Waals surface area contributed by atoms with E-state index in [-0.39, 0.29) is 11.7 Å². The van der Waals surface area contributed by atoms with E-state index in [0.717, 1.165) is 53.3 Å². The number of benzene rings is 1. The quantitative estimate of drug-likeness (QED) is 0.816. The van der Waals surface area contributed by atoms with Crippen LogP contribution in [0.3, 0.4) is 0 Å². The molecule has 0 unspecified atom stereocenters. The Kier molecular flexibility index (Phi) is 4.06. The van der Waals surface area contributed by atoms with Gasteiger partial charge in [0, 0.05) is 10.0 Å². The molecular formula is C18H22BrNO2. The number of hydrogen-bond acceptors (Lipinski definition) is 2. The molecule has 1 heterocycles. The predicted octanol–water partition coefficient (Wildman–Crippen LogP) is 4.42. The minimum absolute atomic E-state index is 0.140. The maximum Gasteiger partial charge on any atom is 0.256 e. The first-order chi connectivity index (χ1) is 10.5. The molecule has 1 amide bonds. The van der Waals surface area contributed by atoms with Gasteiger partial charge in [0.1, 0.15) is 5.76 Å². The lowest BCUT2D eigenvalue weighted by Gasteiger charge is -2.33. The topological polar surface area (TPSA) is 49.3 Å². The van der Waals surface area contributed by atoms with Crippen molar-refractivity contribution in [2.24, 2.45) is 0 Å². The van der Waals surface area contributed by atoms with Crippen LogP contribution in [0.1, 0.15) is 55.7 Å². The number of aryl methyl sites for hydroxylation is 2. The lowest BCUT2D eigenvalue weighted by atomic mass is 9.80. The average Bonchev–Trinajstić information content (AvgIpc) is 2.71. The second kappa shape index (κ2) is 5.73. The SMILES string of the molecule is CCc1cc(C)cc(Br)c1C1=C(O)C2(CCCCC2)NC1=O. The number of carbonyl (C=O) groups excluding carboxylic acids is 1. The van der Waals surface area contributed by atoms with Crippen molar-refractivity contribution in [3.63, 3.8) is 0 Å². The molecule has 1 aromatic rings. The van der Waals surface area contributed by atoms with E-state index >= 15 is 0 Å². The van der Waals surface area contributed by atoms with E-state index in [2.05, 4.69) is 34.2 Å². The van der Waals surface area contributed by atoms with Crippen LogP contribution in [0.5, 0.6) is 0 Å². The lowest BCUT2D eigenvalue weighted by molar-refractivity contribution is -0.116. The number of halogens is 1. The third-order valence-electron chi connectivity index (χ3n) is 4.92. The fourth-order valence-electron chi connectivity index (χ4n) is 3.81. The molecule has 0 bridgehead atoms. The first-order valence-electron chi connectivity index (χ1n) is 8.04. The summed E-state index contributed by atoms with van der Waals surface area (Å²) in [5, 5.41) is 14.0. The van der Waals surface area contributed by atoms with Crippen molar-refractivity contribution < 1.29 is 9.90 Å². The summed E-state index contributed by atoms with van der Waals surface area (Å²) in [6.45, 7) is 4.12. The van der Waals surface area contributed by atoms with E-state index in [1.807, 2.05) is 13.0 Å². The molecule has 1 aromatic carbocycles. The number of amides is 1. The van der Waals surface area contributed by atoms with E-state index in [4.69, 9.17) is 0 Å². The van der Waals surface area contributed by atoms with Crippen LogP contribution in [-0.2, 0) is 11.2 Å². The third kappa shape index (κ3) is 2.37. The first-order valence-corrected chi connectivity index (χ1v) is 8.83. The van der Waals surface area contributed by atoms with Crippen LogP contribution < -0.4 is 5.32 Å². The van der Waals surface area contributed by atoms with Gasteiger partial charge in [-0.1, -0.05) is 48.2 Å². The Morgan fingerprint density at radius 2 is 1.95 bits per heavy atom. The summed E-state index contributed by atoms with van der Waals surface area (Å²) in [6, 6.07) is 4.10. The molecule has 1 saturated carbocycles. The second-order valence-corrected chi connectivity index (χ2v) is 7.31. The molecule has 0 radical (unpaired) electrons. The number of aliphatic hydroxyl groups is 1. The molecule has 0 atom stereocenters. The minimum atomic E-state index is -0.528. The zero-order chi connectivity index (χ0) is 15.9. The number of nitrogens with one attached hydrogen (secondary N) is 1. The molecule has 2 aliphatic rings. The Labute approximate surface area is 139 Å². The average molecular weight is 364 g/mol. The van der Waals surface area contributed by atoms with E-state index in [1.54, 1.807) is 0 Å². The summed E-state index contributed by atoms with van der Waals surface area (Å²) in [5.74, 6) is 0.107. The molecule has 118 valence electrons. The molecule has 1 aliphatic carbocycles. The van der Waals surface area contributed by atoms with Gasteiger partial charge in [-0.2, -0.15) is 0 Å². The van der Waals surface area contributed by atoms with Gasteiger partial charge in [-0.25, -0.2) is 0 Å². The van der Waals surface area contributed by atoms with Crippen LogP contribution in [0.25, 0.3) is 5.57 Å². The van der Waals surface area contributed by atoms with Crippen LogP contribution in [0.2, 0.25) is 0 Å². The van der Waals surface area contributed by atoms with Gasteiger partial charge in [-0.05, 0) is 43.4 Å². The maximum atomic E-state index is 12.6. The van der Waals surface area contributed by atoms with Gasteiger partial charge in [0.05, 0.1) is 11.1 Å². The molecule has 0 aromatic heterocycles. The van der Waals surface area contributed by atoms with Gasteiger partial charge in [0.25, 0.3) is 5.91 Å². The standard InChI is InChI=1S/C18H22BrNO2/c1-3-12-9-11(2)10-13(19)14(12)15-16(21)18(20-17(15)22)7-5-4-6-8-18/h9-10,21H,3-8H2,1-2H3,(H,20,22). The fraction of sp³-hybridized carbons (Fsp3) is 0.500. The van der Waals surface area contributed by atoms with Gasteiger partial charge in [-0.15, -0.1) is 0 Å². The zero-order valence-electron chi connectivity index (χ0n) is 13.1. The second-order valence-electron chi connectivity index (χ2n) is 6.45. The first kappa shape index (κ1) is 15.6. The normalized spacial score (nSPS) is 20.6. The Morgan fingerprint density at radius 1 is 1.27 bits per heavy atom. The predicted molar refractivity (Wildman–Crippen MR) is 91.8 cm³/mol. The van der Waals surface area contributed by atoms with Crippen molar-refractivity contribution >= 4 is 27.4 Å². The zero-order valence-corrected chi connectivity index (χ0v) is 14.7. The number of carbonyl (C=O) groups is 1. The number of hydrogen-bond donors (Lipinski definition) is 2. The molecule has 1 aliphatic heterocycles. The molecule has 3 rings (SSSR count). The number of rotatable bonds is 2. The van der Waals surface area contributed by atoms with Crippen molar-refractivity contribution in [3.05, 3.63) is 39.1 Å². The van der Waals surface area contributed by atoms with Crippen molar-refractivity contribution in [2.45, 2.75) is 57.9 Å². The van der Waals surface area contributed by atoms with Gasteiger partial charge in [0.15, 0.2) is 0 Å². The van der Waals surface area contributed by atoms with Crippen LogP contribution in [0.4, 0.5) is 0 Å². The molecule has 2 N–H and O–H groups in total. The Hall–Kier alpha value is -1.29. The highest BCUT2D eigenvalue weighted by Crippen LogP contribution is 2.43. The third-order valence-corrected chi connectivity index (χ3v) is 5.55. The smallest absolute Gasteiger partial charge is 0.256 e. The Bertz CT molecular complexity index is 657. The highest BCUT2D eigenvalue weighted by molar-refractivity contribution is 9.10. The maximum absolute atomic E-state index is 12.6. The summed E-state index contributed by atoms with van der Waals surface area (Å²) >= 11 is 3.59. The van der Waals surface area contributed by atoms with Crippen molar-refractivity contribution in [1.82, 2.24) is 5.32 Å². The monoisotopic (exact) mass is 363 g/mol. The van der Waals surface area contributed by atoms with Crippen molar-refractivity contribution in [3.8, 4) is 0 Å². The van der Waals surface area contributed by atoms with Crippen molar-refractivity contribution in [1.29, 1.82) is 0 Å². The Balaban J connectivity index is 2.17. The molecular weight excluding hydrogens is 342 g/mol. The van der Waals surface area contributed by atoms with Gasteiger partial charge >= 0.3 is 0 Å². The fourth-order valence-corrected chi connectivity index (χ4v) is 4.62. The molecule has 0 saturated heterocycles. The lowest BCUT2D eigenvalue weighted by Crippen LogP contribution is -2.46. The summed E-state index contributed by atoms with van der Waals surface area (Å²) in [4.78, 5) is 12.6.